The number of carbonyl (C=O) groups is 1. The Balaban J connectivity index is 2.32. The predicted molar refractivity (Wildman–Crippen MR) is 134 cm³/mol. The van der Waals surface area contributed by atoms with Crippen molar-refractivity contribution in [3.63, 3.8) is 0 Å². The molecule has 1 saturated heterocycles. The number of aliphatic hydroxyl groups is 2. The SMILES string of the molecule is CC(C)(C)[Si](C)(C)O[C@@H]1C(NC(=O)OCC(Cl)(Cl)Cl)[C@H](OCc2ccccc2)OC(CO)[C@@H]1O. The average Bonchev–Trinajstić information content (AvgIpc) is 2.73. The smallest absolute Gasteiger partial charge is 0.407 e. The number of carbonyl (C=O) groups excluding carboxylic acids is 1. The van der Waals surface area contributed by atoms with Crippen molar-refractivity contribution in [1.82, 2.24) is 5.32 Å². The zero-order chi connectivity index (χ0) is 25.7. The van der Waals surface area contributed by atoms with Gasteiger partial charge in [-0.2, -0.15) is 0 Å². The molecule has 1 aromatic rings. The Morgan fingerprint density at radius 1 is 1.18 bits per heavy atom. The highest BCUT2D eigenvalue weighted by molar-refractivity contribution is 6.74. The predicted octanol–water partition coefficient (Wildman–Crippen LogP) is 4.14. The highest BCUT2D eigenvalue weighted by Gasteiger charge is 2.51. The molecule has 2 unspecified atom stereocenters. The summed E-state index contributed by atoms with van der Waals surface area (Å²) in [6.07, 6.45) is -5.13. The van der Waals surface area contributed by atoms with Gasteiger partial charge in [-0.15, -0.1) is 0 Å². The largest absolute Gasteiger partial charge is 0.445 e. The number of rotatable bonds is 8. The van der Waals surface area contributed by atoms with Gasteiger partial charge < -0.3 is 34.2 Å². The lowest BCUT2D eigenvalue weighted by atomic mass is 9.97. The van der Waals surface area contributed by atoms with E-state index in [1.54, 1.807) is 0 Å². The molecule has 12 heteroatoms. The first-order valence-corrected chi connectivity index (χ1v) is 15.0. The van der Waals surface area contributed by atoms with Gasteiger partial charge in [0.15, 0.2) is 14.6 Å². The summed E-state index contributed by atoms with van der Waals surface area (Å²) < 4.78 is 21.5. The fraction of sp³-hybridized carbons (Fsp3) is 0.682. The second-order valence-electron chi connectivity index (χ2n) is 9.72. The Labute approximate surface area is 216 Å². The number of ether oxygens (including phenoxy) is 3. The number of nitrogens with one attached hydrogen (secondary N) is 1. The number of alkyl halides is 3. The summed E-state index contributed by atoms with van der Waals surface area (Å²) in [4.78, 5) is 12.5. The lowest BCUT2D eigenvalue weighted by Crippen LogP contribution is -2.67. The zero-order valence-corrected chi connectivity index (χ0v) is 23.2. The molecule has 1 amide bonds. The molecule has 0 bridgehead atoms. The van der Waals surface area contributed by atoms with Crippen molar-refractivity contribution in [1.29, 1.82) is 0 Å². The Hall–Kier alpha value is -0.623. The van der Waals surface area contributed by atoms with Crippen molar-refractivity contribution < 1.29 is 33.6 Å². The van der Waals surface area contributed by atoms with Crippen LogP contribution in [0.4, 0.5) is 4.79 Å². The number of benzene rings is 1. The van der Waals surface area contributed by atoms with Gasteiger partial charge in [0.1, 0.15) is 24.9 Å². The summed E-state index contributed by atoms with van der Waals surface area (Å²) in [5, 5.41) is 23.3. The maximum Gasteiger partial charge on any atom is 0.407 e. The van der Waals surface area contributed by atoms with Crippen molar-refractivity contribution in [2.75, 3.05) is 13.2 Å². The second kappa shape index (κ2) is 12.1. The van der Waals surface area contributed by atoms with Gasteiger partial charge in [0, 0.05) is 0 Å². The highest BCUT2D eigenvalue weighted by atomic mass is 35.6. The van der Waals surface area contributed by atoms with Crippen LogP contribution in [0.3, 0.4) is 0 Å². The molecule has 1 aliphatic rings. The van der Waals surface area contributed by atoms with E-state index in [-0.39, 0.29) is 11.6 Å². The van der Waals surface area contributed by atoms with Crippen LogP contribution in [-0.4, -0.2) is 72.3 Å². The van der Waals surface area contributed by atoms with Crippen LogP contribution in [0.25, 0.3) is 0 Å². The van der Waals surface area contributed by atoms with Gasteiger partial charge in [-0.25, -0.2) is 4.79 Å². The number of aliphatic hydroxyl groups excluding tert-OH is 2. The quantitative estimate of drug-likeness (QED) is 0.325. The van der Waals surface area contributed by atoms with Crippen LogP contribution >= 0.6 is 34.8 Å². The Morgan fingerprint density at radius 3 is 2.32 bits per heavy atom. The van der Waals surface area contributed by atoms with Crippen LogP contribution in [0.15, 0.2) is 30.3 Å². The van der Waals surface area contributed by atoms with E-state index < -0.39 is 62.1 Å². The van der Waals surface area contributed by atoms with Gasteiger partial charge in [-0.05, 0) is 23.7 Å². The third kappa shape index (κ3) is 8.50. The molecule has 8 nitrogen and oxygen atoms in total. The van der Waals surface area contributed by atoms with Gasteiger partial charge in [-0.1, -0.05) is 85.9 Å². The number of halogens is 3. The number of alkyl carbamates (subject to hydrolysis) is 1. The van der Waals surface area contributed by atoms with Gasteiger partial charge >= 0.3 is 6.09 Å². The molecule has 1 heterocycles. The fourth-order valence-corrected chi connectivity index (χ4v) is 4.58. The average molecular weight is 559 g/mol. The van der Waals surface area contributed by atoms with Crippen molar-refractivity contribution >= 4 is 49.2 Å². The fourth-order valence-electron chi connectivity index (χ4n) is 3.10. The minimum absolute atomic E-state index is 0.161. The lowest BCUT2D eigenvalue weighted by molar-refractivity contribution is -0.270. The Morgan fingerprint density at radius 2 is 1.79 bits per heavy atom. The van der Waals surface area contributed by atoms with Crippen molar-refractivity contribution in [2.45, 2.75) is 79.9 Å². The van der Waals surface area contributed by atoms with Crippen LogP contribution in [0.1, 0.15) is 26.3 Å². The molecule has 3 N–H and O–H groups in total. The van der Waals surface area contributed by atoms with E-state index in [4.69, 9.17) is 53.4 Å². The molecule has 0 aromatic heterocycles. The van der Waals surface area contributed by atoms with Gasteiger partial charge in [0.25, 0.3) is 0 Å². The minimum atomic E-state index is -2.44. The number of hydrogen-bond donors (Lipinski definition) is 3. The maximum absolute atomic E-state index is 12.5. The molecule has 34 heavy (non-hydrogen) atoms. The van der Waals surface area contributed by atoms with Crippen molar-refractivity contribution in [3.8, 4) is 0 Å². The minimum Gasteiger partial charge on any atom is -0.445 e. The van der Waals surface area contributed by atoms with Crippen LogP contribution < -0.4 is 5.32 Å². The van der Waals surface area contributed by atoms with E-state index in [1.807, 2.05) is 43.4 Å². The first-order chi connectivity index (χ1) is 15.6. The summed E-state index contributed by atoms with van der Waals surface area (Å²) in [6, 6.07) is 8.40. The molecule has 1 aliphatic heterocycles. The molecule has 2 rings (SSSR count). The van der Waals surface area contributed by atoms with E-state index in [2.05, 4.69) is 26.1 Å². The van der Waals surface area contributed by atoms with Gasteiger partial charge in [0.05, 0.1) is 19.3 Å². The molecule has 5 atom stereocenters. The van der Waals surface area contributed by atoms with Crippen LogP contribution in [0.5, 0.6) is 0 Å². The standard InChI is InChI=1S/C22H34Cl3NO7Si/c1-21(2,3)34(4,5)33-18-16(26-20(29)31-13-22(23,24)25)19(32-15(11-27)17(18)28)30-12-14-9-7-6-8-10-14/h6-10,15-19,27-28H,11-13H2,1-5H3,(H,26,29)/t15?,16?,17-,18+,19+/m0/s1. The third-order valence-corrected chi connectivity index (χ3v) is 10.8. The number of amides is 1. The normalized spacial score (nSPS) is 26.2. The molecule has 1 fully saturated rings. The first-order valence-electron chi connectivity index (χ1n) is 10.9. The topological polar surface area (TPSA) is 106 Å². The van der Waals surface area contributed by atoms with Crippen LogP contribution in [0, 0.1) is 0 Å². The molecule has 0 aliphatic carbocycles. The molecule has 0 spiro atoms. The summed E-state index contributed by atoms with van der Waals surface area (Å²) in [6.45, 7) is 9.40. The van der Waals surface area contributed by atoms with Crippen molar-refractivity contribution in [2.24, 2.45) is 0 Å². The molecular formula is C22H34Cl3NO7Si. The molecule has 0 saturated carbocycles. The second-order valence-corrected chi connectivity index (χ2v) is 17.0. The van der Waals surface area contributed by atoms with E-state index >= 15 is 0 Å². The van der Waals surface area contributed by atoms with Gasteiger partial charge in [-0.3, -0.25) is 0 Å². The summed E-state index contributed by atoms with van der Waals surface area (Å²) in [7, 11) is -2.44. The first kappa shape index (κ1) is 29.6. The molecule has 0 radical (unpaired) electrons. The zero-order valence-electron chi connectivity index (χ0n) is 20.0. The molecule has 194 valence electrons. The maximum atomic E-state index is 12.5. The Bertz CT molecular complexity index is 789. The number of hydrogen-bond acceptors (Lipinski definition) is 7. The molecule has 1 aromatic carbocycles. The summed E-state index contributed by atoms with van der Waals surface area (Å²) >= 11 is 17.0. The van der Waals surface area contributed by atoms with Crippen LogP contribution in [0.2, 0.25) is 18.1 Å². The Kier molecular flexibility index (Phi) is 10.5. The highest BCUT2D eigenvalue weighted by Crippen LogP contribution is 2.39. The van der Waals surface area contributed by atoms with E-state index in [0.29, 0.717) is 0 Å². The third-order valence-electron chi connectivity index (χ3n) is 6.00. The van der Waals surface area contributed by atoms with Gasteiger partial charge in [0.2, 0.25) is 3.79 Å². The van der Waals surface area contributed by atoms with E-state index in [0.717, 1.165) is 5.56 Å². The molecular weight excluding hydrogens is 525 g/mol. The van der Waals surface area contributed by atoms with E-state index in [1.165, 1.54) is 0 Å². The monoisotopic (exact) mass is 557 g/mol. The summed E-state index contributed by atoms with van der Waals surface area (Å²) in [5.41, 5.74) is 0.872. The lowest BCUT2D eigenvalue weighted by Gasteiger charge is -2.48. The van der Waals surface area contributed by atoms with Crippen LogP contribution in [-0.2, 0) is 25.2 Å². The summed E-state index contributed by atoms with van der Waals surface area (Å²) in [5.74, 6) is 0. The van der Waals surface area contributed by atoms with E-state index in [9.17, 15) is 15.0 Å². The van der Waals surface area contributed by atoms with Crippen molar-refractivity contribution in [3.05, 3.63) is 35.9 Å².